The van der Waals surface area contributed by atoms with Crippen molar-refractivity contribution in [2.75, 3.05) is 0 Å². The number of hydrogen-bond acceptors (Lipinski definition) is 2. The zero-order chi connectivity index (χ0) is 29.9. The van der Waals surface area contributed by atoms with Crippen molar-refractivity contribution in [3.8, 4) is 28.1 Å². The molecule has 0 fully saturated rings. The quantitative estimate of drug-likeness (QED) is 0.195. The van der Waals surface area contributed by atoms with Gasteiger partial charge in [0.05, 0.1) is 22.2 Å². The maximum atomic E-state index is 5.31. The third-order valence-corrected chi connectivity index (χ3v) is 9.14. The summed E-state index contributed by atoms with van der Waals surface area (Å²) in [7, 11) is 0. The van der Waals surface area contributed by atoms with Crippen molar-refractivity contribution in [3.05, 3.63) is 151 Å². The molecule has 0 bridgehead atoms. The predicted molar refractivity (Wildman–Crippen MR) is 189 cm³/mol. The molecule has 0 radical (unpaired) electrons. The number of aromatic nitrogens is 3. The molecule has 9 aromatic rings. The average molecular weight is 576 g/mol. The van der Waals surface area contributed by atoms with Gasteiger partial charge >= 0.3 is 0 Å². The van der Waals surface area contributed by atoms with Crippen LogP contribution in [0.5, 0.6) is 0 Å². The summed E-state index contributed by atoms with van der Waals surface area (Å²) in [5.41, 5.74) is 8.81. The Hall–Kier alpha value is -5.80. The van der Waals surface area contributed by atoms with Crippen LogP contribution >= 0.6 is 0 Å². The summed E-state index contributed by atoms with van der Waals surface area (Å²) in [6.07, 6.45) is 0.875. The molecular formula is C42H29N3. The van der Waals surface area contributed by atoms with Crippen molar-refractivity contribution in [2.45, 2.75) is 13.3 Å². The summed E-state index contributed by atoms with van der Waals surface area (Å²) in [6, 6.07) is 52.1. The lowest BCUT2D eigenvalue weighted by Gasteiger charge is -2.16. The number of imidazole rings is 1. The lowest BCUT2D eigenvalue weighted by Crippen LogP contribution is -1.99. The summed E-state index contributed by atoms with van der Waals surface area (Å²) < 4.78 is 2.27. The number of aryl methyl sites for hydroxylation is 1. The van der Waals surface area contributed by atoms with Crippen molar-refractivity contribution < 1.29 is 0 Å². The van der Waals surface area contributed by atoms with E-state index in [-0.39, 0.29) is 0 Å². The lowest BCUT2D eigenvalue weighted by atomic mass is 9.90. The third kappa shape index (κ3) is 3.98. The molecule has 0 aliphatic carbocycles. The molecule has 0 aliphatic heterocycles. The monoisotopic (exact) mass is 575 g/mol. The maximum absolute atomic E-state index is 5.31. The molecule has 2 heterocycles. The highest BCUT2D eigenvalue weighted by Gasteiger charge is 2.17. The zero-order valence-corrected chi connectivity index (χ0v) is 24.9. The minimum absolute atomic E-state index is 0.875. The van der Waals surface area contributed by atoms with Gasteiger partial charge in [-0.3, -0.25) is 4.57 Å². The van der Waals surface area contributed by atoms with E-state index in [9.17, 15) is 0 Å². The first kappa shape index (κ1) is 25.7. The van der Waals surface area contributed by atoms with E-state index in [1.165, 1.54) is 48.8 Å². The van der Waals surface area contributed by atoms with Gasteiger partial charge in [-0.25, -0.2) is 9.97 Å². The lowest BCUT2D eigenvalue weighted by molar-refractivity contribution is 0.908. The molecular weight excluding hydrogens is 546 g/mol. The Bertz CT molecular complexity index is 2560. The van der Waals surface area contributed by atoms with Crippen LogP contribution in [0.15, 0.2) is 146 Å². The summed E-state index contributed by atoms with van der Waals surface area (Å²) in [4.78, 5) is 10.2. The molecule has 0 spiro atoms. The van der Waals surface area contributed by atoms with Crippen LogP contribution in [0.3, 0.4) is 0 Å². The highest BCUT2D eigenvalue weighted by Crippen LogP contribution is 2.42. The maximum Gasteiger partial charge on any atom is 0.114 e. The van der Waals surface area contributed by atoms with Crippen molar-refractivity contribution in [3.63, 3.8) is 0 Å². The Balaban J connectivity index is 1.19. The summed E-state index contributed by atoms with van der Waals surface area (Å²) >= 11 is 0. The van der Waals surface area contributed by atoms with E-state index < -0.39 is 0 Å². The Labute approximate surface area is 261 Å². The molecule has 0 saturated carbocycles. The van der Waals surface area contributed by atoms with E-state index in [0.717, 1.165) is 45.7 Å². The van der Waals surface area contributed by atoms with Gasteiger partial charge in [0.25, 0.3) is 0 Å². The van der Waals surface area contributed by atoms with E-state index in [4.69, 9.17) is 9.97 Å². The Kier molecular flexibility index (Phi) is 5.79. The molecule has 0 amide bonds. The fraction of sp³-hybridized carbons (Fsp3) is 0.0476. The minimum Gasteiger partial charge on any atom is -0.296 e. The number of rotatable bonds is 4. The second kappa shape index (κ2) is 10.1. The summed E-state index contributed by atoms with van der Waals surface area (Å²) in [5, 5.41) is 8.69. The highest BCUT2D eigenvalue weighted by molar-refractivity contribution is 6.33. The topological polar surface area (TPSA) is 30.7 Å². The number of fused-ring (bicyclic) bond motifs is 9. The van der Waals surface area contributed by atoms with E-state index in [1.54, 1.807) is 0 Å². The smallest absolute Gasteiger partial charge is 0.114 e. The molecule has 0 atom stereocenters. The normalized spacial score (nSPS) is 11.8. The fourth-order valence-electron chi connectivity index (χ4n) is 7.06. The molecule has 0 aliphatic rings. The molecule has 3 heteroatoms. The van der Waals surface area contributed by atoms with Crippen molar-refractivity contribution >= 4 is 54.3 Å². The first-order chi connectivity index (χ1) is 22.3. The van der Waals surface area contributed by atoms with E-state index in [0.29, 0.717) is 0 Å². The minimum atomic E-state index is 0.875. The third-order valence-electron chi connectivity index (χ3n) is 9.14. The van der Waals surface area contributed by atoms with Gasteiger partial charge in [-0.2, -0.15) is 0 Å². The molecule has 0 unspecified atom stereocenters. The number of pyridine rings is 1. The van der Waals surface area contributed by atoms with Crippen LogP contribution in [0.2, 0.25) is 0 Å². The van der Waals surface area contributed by atoms with Gasteiger partial charge in [0.2, 0.25) is 0 Å². The van der Waals surface area contributed by atoms with Crippen molar-refractivity contribution in [1.82, 2.24) is 14.5 Å². The van der Waals surface area contributed by atoms with Crippen LogP contribution in [0.1, 0.15) is 12.7 Å². The van der Waals surface area contributed by atoms with E-state index in [1.807, 2.05) is 6.07 Å². The molecule has 0 N–H and O–H groups in total. The first-order valence-electron chi connectivity index (χ1n) is 15.6. The Morgan fingerprint density at radius 3 is 1.62 bits per heavy atom. The van der Waals surface area contributed by atoms with Crippen LogP contribution in [0.25, 0.3) is 82.3 Å². The number of hydrogen-bond donors (Lipinski definition) is 0. The molecule has 212 valence electrons. The Morgan fingerprint density at radius 2 is 0.956 bits per heavy atom. The van der Waals surface area contributed by atoms with Gasteiger partial charge in [-0.1, -0.05) is 122 Å². The molecule has 7 aromatic carbocycles. The number of para-hydroxylation sites is 3. The summed E-state index contributed by atoms with van der Waals surface area (Å²) in [6.45, 7) is 2.16. The van der Waals surface area contributed by atoms with Gasteiger partial charge in [-0.15, -0.1) is 0 Å². The fourth-order valence-corrected chi connectivity index (χ4v) is 7.06. The van der Waals surface area contributed by atoms with Gasteiger partial charge in [0, 0.05) is 33.8 Å². The predicted octanol–water partition coefficient (Wildman–Crippen LogP) is 10.9. The Morgan fingerprint density at radius 1 is 0.444 bits per heavy atom. The van der Waals surface area contributed by atoms with E-state index >= 15 is 0 Å². The molecule has 2 aromatic heterocycles. The van der Waals surface area contributed by atoms with Crippen molar-refractivity contribution in [1.29, 1.82) is 0 Å². The van der Waals surface area contributed by atoms with Crippen LogP contribution in [0, 0.1) is 0 Å². The largest absolute Gasteiger partial charge is 0.296 e. The van der Waals surface area contributed by atoms with Crippen LogP contribution in [-0.4, -0.2) is 14.5 Å². The second-order valence-electron chi connectivity index (χ2n) is 11.6. The number of nitrogens with zero attached hydrogens (tertiary/aromatic N) is 3. The standard InChI is InChI=1S/C42H29N3/c1-2-39-43-37-17-9-10-18-38(37)45(39)30-25-23-28(24-26-30)27-19-21-29(22-20-27)42-41-34-14-6-4-12-32(34)31-11-3-5-13-33(31)40(41)35-15-7-8-16-36(35)44-42/h3-26H,2H2,1H3. The van der Waals surface area contributed by atoms with Crippen LogP contribution in [0.4, 0.5) is 0 Å². The highest BCUT2D eigenvalue weighted by atomic mass is 15.1. The molecule has 0 saturated heterocycles. The van der Waals surface area contributed by atoms with Gasteiger partial charge in [0.15, 0.2) is 0 Å². The summed E-state index contributed by atoms with van der Waals surface area (Å²) in [5.74, 6) is 1.07. The van der Waals surface area contributed by atoms with Crippen LogP contribution < -0.4 is 0 Å². The van der Waals surface area contributed by atoms with Crippen molar-refractivity contribution in [2.24, 2.45) is 0 Å². The van der Waals surface area contributed by atoms with E-state index in [2.05, 4.69) is 151 Å². The van der Waals surface area contributed by atoms with Crippen LogP contribution in [-0.2, 0) is 6.42 Å². The zero-order valence-electron chi connectivity index (χ0n) is 24.9. The van der Waals surface area contributed by atoms with Gasteiger partial charge < -0.3 is 0 Å². The molecule has 3 nitrogen and oxygen atoms in total. The average Bonchev–Trinajstić information content (AvgIpc) is 3.50. The van der Waals surface area contributed by atoms with Gasteiger partial charge in [0.1, 0.15) is 5.82 Å². The van der Waals surface area contributed by atoms with Gasteiger partial charge in [-0.05, 0) is 63.0 Å². The molecule has 9 rings (SSSR count). The SMILES string of the molecule is CCc1nc2ccccc2n1-c1ccc(-c2ccc(-c3nc4ccccc4c4c5ccccc5c5ccccc5c34)cc2)cc1. The number of benzene rings is 7. The molecule has 45 heavy (non-hydrogen) atoms. The second-order valence-corrected chi connectivity index (χ2v) is 11.6. The first-order valence-corrected chi connectivity index (χ1v) is 15.6.